The predicted octanol–water partition coefficient (Wildman–Crippen LogP) is 0.643. The highest BCUT2D eigenvalue weighted by Gasteiger charge is 2.09. The lowest BCUT2D eigenvalue weighted by atomic mass is 10.1. The molecule has 2 N–H and O–H groups in total. The van der Waals surface area contributed by atoms with Crippen LogP contribution in [0.25, 0.3) is 0 Å². The van der Waals surface area contributed by atoms with Gasteiger partial charge in [0.15, 0.2) is 0 Å². The zero-order valence-electron chi connectivity index (χ0n) is 7.41. The highest BCUT2D eigenvalue weighted by Crippen LogP contribution is 2.13. The van der Waals surface area contributed by atoms with Gasteiger partial charge in [-0.25, -0.2) is 0 Å². The van der Waals surface area contributed by atoms with Gasteiger partial charge in [-0.1, -0.05) is 6.07 Å². The van der Waals surface area contributed by atoms with Crippen LogP contribution >= 0.6 is 0 Å². The molecule has 12 heavy (non-hydrogen) atoms. The first-order valence-electron chi connectivity index (χ1n) is 3.99. The van der Waals surface area contributed by atoms with Crippen molar-refractivity contribution in [2.45, 2.75) is 13.0 Å². The van der Waals surface area contributed by atoms with Crippen LogP contribution in [0.1, 0.15) is 17.3 Å². The van der Waals surface area contributed by atoms with Gasteiger partial charge in [-0.2, -0.15) is 0 Å². The Morgan fingerprint density at radius 1 is 1.67 bits per heavy atom. The molecule has 0 aliphatic heterocycles. The molecule has 0 bridgehead atoms. The molecule has 0 amide bonds. The first kappa shape index (κ1) is 9.16. The number of aromatic nitrogens is 1. The molecule has 1 aromatic heterocycles. The second-order valence-corrected chi connectivity index (χ2v) is 2.70. The van der Waals surface area contributed by atoms with E-state index in [1.165, 1.54) is 0 Å². The molecule has 0 saturated carbocycles. The lowest BCUT2D eigenvalue weighted by Crippen LogP contribution is -2.21. The van der Waals surface area contributed by atoms with Crippen LogP contribution in [0.3, 0.4) is 0 Å². The first-order chi connectivity index (χ1) is 5.79. The topological polar surface area (TPSA) is 45.1 Å². The third-order valence-corrected chi connectivity index (χ3v) is 1.95. The standard InChI is InChI=1S/C9H14N2O/c1-7-8(4-3-5-11-7)9(6-12)10-2/h3-5,9-10,12H,6H2,1-2H3. The van der Waals surface area contributed by atoms with Gasteiger partial charge < -0.3 is 10.4 Å². The largest absolute Gasteiger partial charge is 0.394 e. The molecule has 1 rings (SSSR count). The smallest absolute Gasteiger partial charge is 0.0627 e. The van der Waals surface area contributed by atoms with Crippen LogP contribution in [-0.4, -0.2) is 23.7 Å². The fourth-order valence-electron chi connectivity index (χ4n) is 1.21. The molecule has 0 radical (unpaired) electrons. The first-order valence-corrected chi connectivity index (χ1v) is 3.99. The molecule has 3 nitrogen and oxygen atoms in total. The molecule has 3 heteroatoms. The Hall–Kier alpha value is -0.930. The number of nitrogens with one attached hydrogen (secondary N) is 1. The van der Waals surface area contributed by atoms with Crippen molar-refractivity contribution >= 4 is 0 Å². The monoisotopic (exact) mass is 166 g/mol. The Morgan fingerprint density at radius 2 is 2.42 bits per heavy atom. The van der Waals surface area contributed by atoms with E-state index in [4.69, 9.17) is 5.11 Å². The lowest BCUT2D eigenvalue weighted by Gasteiger charge is -2.14. The summed E-state index contributed by atoms with van der Waals surface area (Å²) in [6.45, 7) is 2.04. The Labute approximate surface area is 72.5 Å². The second kappa shape index (κ2) is 4.18. The highest BCUT2D eigenvalue weighted by atomic mass is 16.3. The van der Waals surface area contributed by atoms with Crippen LogP contribution in [0.5, 0.6) is 0 Å². The van der Waals surface area contributed by atoms with Crippen molar-refractivity contribution in [3.05, 3.63) is 29.6 Å². The summed E-state index contributed by atoms with van der Waals surface area (Å²) in [6.07, 6.45) is 1.75. The summed E-state index contributed by atoms with van der Waals surface area (Å²) in [7, 11) is 1.83. The van der Waals surface area contributed by atoms with Gasteiger partial charge in [0.25, 0.3) is 0 Å². The number of hydrogen-bond donors (Lipinski definition) is 2. The zero-order valence-corrected chi connectivity index (χ0v) is 7.41. The van der Waals surface area contributed by atoms with Gasteiger partial charge in [-0.15, -0.1) is 0 Å². The summed E-state index contributed by atoms with van der Waals surface area (Å²) in [4.78, 5) is 4.14. The molecule has 66 valence electrons. The predicted molar refractivity (Wildman–Crippen MR) is 47.9 cm³/mol. The van der Waals surface area contributed by atoms with Crippen LogP contribution in [0.2, 0.25) is 0 Å². The number of pyridine rings is 1. The number of likely N-dealkylation sites (N-methyl/N-ethyl adjacent to an activating group) is 1. The number of hydrogen-bond acceptors (Lipinski definition) is 3. The quantitative estimate of drug-likeness (QED) is 0.692. The lowest BCUT2D eigenvalue weighted by molar-refractivity contribution is 0.250. The summed E-state index contributed by atoms with van der Waals surface area (Å²) in [5.41, 5.74) is 2.02. The summed E-state index contributed by atoms with van der Waals surface area (Å²) < 4.78 is 0. The van der Waals surface area contributed by atoms with Gasteiger partial charge in [0.1, 0.15) is 0 Å². The fourth-order valence-corrected chi connectivity index (χ4v) is 1.21. The van der Waals surface area contributed by atoms with E-state index in [9.17, 15) is 0 Å². The van der Waals surface area contributed by atoms with Gasteiger partial charge in [-0.05, 0) is 25.6 Å². The van der Waals surface area contributed by atoms with Crippen LogP contribution < -0.4 is 5.32 Å². The van der Waals surface area contributed by atoms with Crippen molar-refractivity contribution in [2.75, 3.05) is 13.7 Å². The maximum Gasteiger partial charge on any atom is 0.0627 e. The molecule has 1 atom stereocenters. The number of rotatable bonds is 3. The van der Waals surface area contributed by atoms with Crippen LogP contribution in [0, 0.1) is 6.92 Å². The molecule has 0 aliphatic carbocycles. The molecule has 1 unspecified atom stereocenters. The Morgan fingerprint density at radius 3 is 2.92 bits per heavy atom. The summed E-state index contributed by atoms with van der Waals surface area (Å²) in [5.74, 6) is 0. The summed E-state index contributed by atoms with van der Waals surface area (Å²) in [6, 6.07) is 3.85. The molecule has 1 aromatic rings. The van der Waals surface area contributed by atoms with Gasteiger partial charge >= 0.3 is 0 Å². The molecule has 0 aliphatic rings. The third-order valence-electron chi connectivity index (χ3n) is 1.95. The third kappa shape index (κ3) is 1.81. The molecule has 0 spiro atoms. The maximum atomic E-state index is 9.01. The normalized spacial score (nSPS) is 12.9. The van der Waals surface area contributed by atoms with E-state index in [0.717, 1.165) is 11.3 Å². The van der Waals surface area contributed by atoms with E-state index >= 15 is 0 Å². The molecule has 1 heterocycles. The maximum absolute atomic E-state index is 9.01. The minimum atomic E-state index is -0.00120. The van der Waals surface area contributed by atoms with Gasteiger partial charge in [0, 0.05) is 11.9 Å². The zero-order chi connectivity index (χ0) is 8.97. The Balaban J connectivity index is 2.92. The fraction of sp³-hybridized carbons (Fsp3) is 0.444. The summed E-state index contributed by atoms with van der Waals surface area (Å²) >= 11 is 0. The van der Waals surface area contributed by atoms with E-state index < -0.39 is 0 Å². The number of aliphatic hydroxyl groups is 1. The van der Waals surface area contributed by atoms with Crippen molar-refractivity contribution < 1.29 is 5.11 Å². The van der Waals surface area contributed by atoms with Gasteiger partial charge in [0.2, 0.25) is 0 Å². The van der Waals surface area contributed by atoms with Crippen LogP contribution in [-0.2, 0) is 0 Å². The molecule has 0 saturated heterocycles. The molecule has 0 aromatic carbocycles. The van der Waals surface area contributed by atoms with Crippen molar-refractivity contribution in [3.8, 4) is 0 Å². The molecular weight excluding hydrogens is 152 g/mol. The Bertz CT molecular complexity index is 246. The van der Waals surface area contributed by atoms with Crippen molar-refractivity contribution in [2.24, 2.45) is 0 Å². The SMILES string of the molecule is CNC(CO)c1cccnc1C. The van der Waals surface area contributed by atoms with Crippen molar-refractivity contribution in [1.29, 1.82) is 0 Å². The molecular formula is C9H14N2O. The van der Waals surface area contributed by atoms with Crippen molar-refractivity contribution in [3.63, 3.8) is 0 Å². The second-order valence-electron chi connectivity index (χ2n) is 2.70. The van der Waals surface area contributed by atoms with Crippen LogP contribution in [0.15, 0.2) is 18.3 Å². The van der Waals surface area contributed by atoms with E-state index in [1.54, 1.807) is 6.20 Å². The highest BCUT2D eigenvalue weighted by molar-refractivity contribution is 5.22. The summed E-state index contributed by atoms with van der Waals surface area (Å²) in [5, 5.41) is 12.0. The van der Waals surface area contributed by atoms with Gasteiger partial charge in [-0.3, -0.25) is 4.98 Å². The van der Waals surface area contributed by atoms with E-state index in [1.807, 2.05) is 26.1 Å². The molecule has 0 fully saturated rings. The minimum absolute atomic E-state index is 0.00120. The van der Waals surface area contributed by atoms with Crippen LogP contribution in [0.4, 0.5) is 0 Å². The minimum Gasteiger partial charge on any atom is -0.394 e. The van der Waals surface area contributed by atoms with Crippen molar-refractivity contribution in [1.82, 2.24) is 10.3 Å². The average molecular weight is 166 g/mol. The number of nitrogens with zero attached hydrogens (tertiary/aromatic N) is 1. The average Bonchev–Trinajstić information content (AvgIpc) is 2.10. The van der Waals surface area contributed by atoms with E-state index in [2.05, 4.69) is 10.3 Å². The number of aryl methyl sites for hydroxylation is 1. The van der Waals surface area contributed by atoms with E-state index in [-0.39, 0.29) is 12.6 Å². The van der Waals surface area contributed by atoms with E-state index in [0.29, 0.717) is 0 Å². The number of aliphatic hydroxyl groups excluding tert-OH is 1. The van der Waals surface area contributed by atoms with Gasteiger partial charge in [0.05, 0.1) is 12.6 Å². The Kier molecular flexibility index (Phi) is 3.19.